The highest BCUT2D eigenvalue weighted by Crippen LogP contribution is 2.40. The molecule has 0 aliphatic heterocycles. The maximum absolute atomic E-state index is 13.2. The van der Waals surface area contributed by atoms with E-state index >= 15 is 0 Å². The lowest BCUT2D eigenvalue weighted by Crippen LogP contribution is -2.28. The molecule has 0 saturated heterocycles. The Hall–Kier alpha value is -2.55. The van der Waals surface area contributed by atoms with Crippen molar-refractivity contribution in [1.82, 2.24) is 14.1 Å². The molecule has 0 aliphatic carbocycles. The maximum atomic E-state index is 13.2. The number of benzene rings is 2. The molecule has 30 heavy (non-hydrogen) atoms. The van der Waals surface area contributed by atoms with Gasteiger partial charge in [-0.05, 0) is 30.7 Å². The summed E-state index contributed by atoms with van der Waals surface area (Å²) in [4.78, 5) is 0.0589. The molecule has 0 unspecified atom stereocenters. The third-order valence-corrected chi connectivity index (χ3v) is 6.91. The summed E-state index contributed by atoms with van der Waals surface area (Å²) in [6.45, 7) is 2.31. The van der Waals surface area contributed by atoms with Crippen LogP contribution in [0.1, 0.15) is 13.3 Å². The van der Waals surface area contributed by atoms with Crippen LogP contribution < -0.4 is 9.47 Å². The molecule has 2 aromatic carbocycles. The van der Waals surface area contributed by atoms with Crippen LogP contribution >= 0.6 is 11.6 Å². The monoisotopic (exact) mass is 449 g/mol. The molecular formula is C21H24ClN3O4S. The second kappa shape index (κ2) is 9.07. The fourth-order valence-electron chi connectivity index (χ4n) is 3.20. The molecule has 0 aliphatic rings. The quantitative estimate of drug-likeness (QED) is 0.514. The second-order valence-electron chi connectivity index (χ2n) is 6.61. The van der Waals surface area contributed by atoms with Crippen LogP contribution in [0, 0.1) is 0 Å². The van der Waals surface area contributed by atoms with Crippen LogP contribution in [0.15, 0.2) is 53.6 Å². The van der Waals surface area contributed by atoms with Gasteiger partial charge in [0.15, 0.2) is 0 Å². The molecule has 0 spiro atoms. The van der Waals surface area contributed by atoms with E-state index < -0.39 is 10.0 Å². The molecule has 7 nitrogen and oxygen atoms in total. The topological polar surface area (TPSA) is 73.7 Å². The predicted molar refractivity (Wildman–Crippen MR) is 117 cm³/mol. The van der Waals surface area contributed by atoms with Crippen molar-refractivity contribution in [3.8, 4) is 28.4 Å². The summed E-state index contributed by atoms with van der Waals surface area (Å²) in [5.41, 5.74) is 1.86. The van der Waals surface area contributed by atoms with Crippen molar-refractivity contribution < 1.29 is 17.9 Å². The predicted octanol–water partition coefficient (Wildman–Crippen LogP) is 4.24. The van der Waals surface area contributed by atoms with Gasteiger partial charge in [-0.1, -0.05) is 30.7 Å². The molecule has 9 heteroatoms. The van der Waals surface area contributed by atoms with E-state index in [-0.39, 0.29) is 10.6 Å². The number of ether oxygens (including phenoxy) is 2. The lowest BCUT2D eigenvalue weighted by molar-refractivity contribution is 0.384. The van der Waals surface area contributed by atoms with Gasteiger partial charge in [0.2, 0.25) is 10.0 Å². The summed E-state index contributed by atoms with van der Waals surface area (Å²) < 4.78 is 40.3. The fourth-order valence-corrected chi connectivity index (χ4v) is 4.83. The van der Waals surface area contributed by atoms with E-state index in [1.807, 2.05) is 25.1 Å². The van der Waals surface area contributed by atoms with Crippen LogP contribution in [0.3, 0.4) is 0 Å². The molecule has 0 amide bonds. The SMILES string of the molecule is CCCN(C)S(=O)(=O)c1cc(-c2ccnn2-c2ccccc2Cl)c(OC)cc1OC. The Morgan fingerprint density at radius 1 is 1.10 bits per heavy atom. The van der Waals surface area contributed by atoms with E-state index in [9.17, 15) is 8.42 Å². The molecule has 3 aromatic rings. The maximum Gasteiger partial charge on any atom is 0.246 e. The average Bonchev–Trinajstić information content (AvgIpc) is 3.22. The van der Waals surface area contributed by atoms with Crippen LogP contribution in [0.4, 0.5) is 0 Å². The van der Waals surface area contributed by atoms with Gasteiger partial charge in [-0.25, -0.2) is 17.4 Å². The van der Waals surface area contributed by atoms with Gasteiger partial charge >= 0.3 is 0 Å². The first kappa shape index (κ1) is 22.1. The Morgan fingerprint density at radius 2 is 1.80 bits per heavy atom. The number of nitrogens with zero attached hydrogens (tertiary/aromatic N) is 3. The van der Waals surface area contributed by atoms with E-state index in [1.165, 1.54) is 18.5 Å². The summed E-state index contributed by atoms with van der Waals surface area (Å²) in [5.74, 6) is 0.667. The van der Waals surface area contributed by atoms with E-state index in [1.54, 1.807) is 42.2 Å². The number of halogens is 1. The average molecular weight is 450 g/mol. The lowest BCUT2D eigenvalue weighted by atomic mass is 10.1. The van der Waals surface area contributed by atoms with Crippen LogP contribution in [0.25, 0.3) is 16.9 Å². The number of aromatic nitrogens is 2. The highest BCUT2D eigenvalue weighted by atomic mass is 35.5. The van der Waals surface area contributed by atoms with Crippen LogP contribution in [0.2, 0.25) is 5.02 Å². The molecule has 0 fully saturated rings. The van der Waals surface area contributed by atoms with Gasteiger partial charge in [-0.15, -0.1) is 0 Å². The summed E-state index contributed by atoms with van der Waals surface area (Å²) in [6, 6.07) is 12.2. The van der Waals surface area contributed by atoms with Gasteiger partial charge < -0.3 is 9.47 Å². The van der Waals surface area contributed by atoms with Crippen LogP contribution in [-0.2, 0) is 10.0 Å². The smallest absolute Gasteiger partial charge is 0.246 e. The van der Waals surface area contributed by atoms with Gasteiger partial charge in [0.1, 0.15) is 16.4 Å². The first-order chi connectivity index (χ1) is 14.3. The van der Waals surface area contributed by atoms with Crippen molar-refractivity contribution in [3.05, 3.63) is 53.7 Å². The summed E-state index contributed by atoms with van der Waals surface area (Å²) in [5, 5.41) is 4.90. The zero-order valence-corrected chi connectivity index (χ0v) is 18.9. The standard InChI is InChI=1S/C21H24ClN3O4S/c1-5-12-24(2)30(26,27)21-13-15(19(28-3)14-20(21)29-4)17-10-11-23-25(17)18-9-7-6-8-16(18)22/h6-11,13-14H,5,12H2,1-4H3. The number of rotatable bonds is 8. The first-order valence-corrected chi connectivity index (χ1v) is 11.2. The zero-order chi connectivity index (χ0) is 21.9. The van der Waals surface area contributed by atoms with E-state index in [2.05, 4.69) is 5.10 Å². The van der Waals surface area contributed by atoms with Gasteiger partial charge in [0.25, 0.3) is 0 Å². The van der Waals surface area contributed by atoms with Crippen molar-refractivity contribution >= 4 is 21.6 Å². The number of sulfonamides is 1. The molecule has 1 heterocycles. The first-order valence-electron chi connectivity index (χ1n) is 9.36. The Morgan fingerprint density at radius 3 is 2.43 bits per heavy atom. The van der Waals surface area contributed by atoms with E-state index in [4.69, 9.17) is 21.1 Å². The van der Waals surface area contributed by atoms with Crippen molar-refractivity contribution in [2.45, 2.75) is 18.2 Å². The molecular weight excluding hydrogens is 426 g/mol. The number of hydrogen-bond donors (Lipinski definition) is 0. The zero-order valence-electron chi connectivity index (χ0n) is 17.3. The Balaban J connectivity index is 2.25. The van der Waals surface area contributed by atoms with Gasteiger partial charge in [-0.2, -0.15) is 5.10 Å². The molecule has 0 radical (unpaired) electrons. The fraction of sp³-hybridized carbons (Fsp3) is 0.286. The van der Waals surface area contributed by atoms with Crippen molar-refractivity contribution in [1.29, 1.82) is 0 Å². The Kier molecular flexibility index (Phi) is 6.70. The van der Waals surface area contributed by atoms with Crippen LogP contribution in [0.5, 0.6) is 11.5 Å². The Bertz CT molecular complexity index is 1140. The summed E-state index contributed by atoms with van der Waals surface area (Å²) in [6.07, 6.45) is 2.32. The van der Waals surface area contributed by atoms with Crippen LogP contribution in [-0.4, -0.2) is 50.3 Å². The number of para-hydroxylation sites is 1. The highest BCUT2D eigenvalue weighted by molar-refractivity contribution is 7.89. The molecule has 0 atom stereocenters. The second-order valence-corrected chi connectivity index (χ2v) is 9.03. The number of methoxy groups -OCH3 is 2. The lowest BCUT2D eigenvalue weighted by Gasteiger charge is -2.20. The largest absolute Gasteiger partial charge is 0.496 e. The molecule has 160 valence electrons. The summed E-state index contributed by atoms with van der Waals surface area (Å²) in [7, 11) is 0.732. The third-order valence-electron chi connectivity index (χ3n) is 4.71. The molecule has 0 N–H and O–H groups in total. The van der Waals surface area contributed by atoms with Gasteiger partial charge in [-0.3, -0.25) is 0 Å². The van der Waals surface area contributed by atoms with Crippen molar-refractivity contribution in [3.63, 3.8) is 0 Å². The van der Waals surface area contributed by atoms with E-state index in [0.29, 0.717) is 40.7 Å². The van der Waals surface area contributed by atoms with Crippen molar-refractivity contribution in [2.75, 3.05) is 27.8 Å². The minimum absolute atomic E-state index is 0.0589. The normalized spacial score (nSPS) is 11.7. The summed E-state index contributed by atoms with van der Waals surface area (Å²) >= 11 is 6.36. The number of hydrogen-bond acceptors (Lipinski definition) is 5. The molecule has 3 rings (SSSR count). The van der Waals surface area contributed by atoms with Gasteiger partial charge in [0, 0.05) is 25.2 Å². The third kappa shape index (κ3) is 4.03. The van der Waals surface area contributed by atoms with Crippen molar-refractivity contribution in [2.24, 2.45) is 0 Å². The Labute approximate surface area is 181 Å². The van der Waals surface area contributed by atoms with E-state index in [0.717, 1.165) is 0 Å². The minimum Gasteiger partial charge on any atom is -0.496 e. The molecule has 0 bridgehead atoms. The molecule has 1 aromatic heterocycles. The molecule has 0 saturated carbocycles. The van der Waals surface area contributed by atoms with Gasteiger partial charge in [0.05, 0.1) is 36.8 Å². The minimum atomic E-state index is -3.77. The highest BCUT2D eigenvalue weighted by Gasteiger charge is 2.27.